The summed E-state index contributed by atoms with van der Waals surface area (Å²) in [5.41, 5.74) is 2.33. The number of piperidine rings is 1. The van der Waals surface area contributed by atoms with Crippen LogP contribution in [0, 0.1) is 0 Å². The van der Waals surface area contributed by atoms with Crippen LogP contribution >= 0.6 is 11.6 Å². The Labute approximate surface area is 201 Å². The topological polar surface area (TPSA) is 43.9 Å². The molecule has 2 aromatic carbocycles. The molecule has 0 atom stereocenters. The fourth-order valence-corrected chi connectivity index (χ4v) is 4.88. The van der Waals surface area contributed by atoms with Crippen LogP contribution in [-0.4, -0.2) is 72.3 Å². The van der Waals surface area contributed by atoms with Crippen LogP contribution in [0.5, 0.6) is 0 Å². The first-order chi connectivity index (χ1) is 16.1. The maximum absolute atomic E-state index is 12.6. The van der Waals surface area contributed by atoms with Crippen molar-refractivity contribution >= 4 is 29.5 Å². The van der Waals surface area contributed by atoms with Gasteiger partial charge in [-0.3, -0.25) is 9.59 Å². The zero-order chi connectivity index (χ0) is 23.0. The van der Waals surface area contributed by atoms with Gasteiger partial charge in [0.15, 0.2) is 0 Å². The maximum Gasteiger partial charge on any atom is 0.246 e. The number of benzene rings is 2. The highest BCUT2D eigenvalue weighted by Gasteiger charge is 2.25. The fraction of sp³-hybridized carbons (Fsp3) is 0.407. The van der Waals surface area contributed by atoms with Crippen LogP contribution in [0.4, 0.5) is 0 Å². The Morgan fingerprint density at radius 3 is 2.48 bits per heavy atom. The molecule has 0 unspecified atom stereocenters. The van der Waals surface area contributed by atoms with E-state index in [1.54, 1.807) is 23.1 Å². The smallest absolute Gasteiger partial charge is 0.246 e. The van der Waals surface area contributed by atoms with Crippen molar-refractivity contribution in [2.24, 2.45) is 0 Å². The Morgan fingerprint density at radius 1 is 0.939 bits per heavy atom. The molecule has 2 heterocycles. The molecule has 2 aliphatic rings. The van der Waals surface area contributed by atoms with E-state index in [9.17, 15) is 9.59 Å². The average molecular weight is 466 g/mol. The van der Waals surface area contributed by atoms with Crippen molar-refractivity contribution in [3.63, 3.8) is 0 Å². The molecule has 2 saturated heterocycles. The van der Waals surface area contributed by atoms with Gasteiger partial charge in [-0.05, 0) is 61.2 Å². The summed E-state index contributed by atoms with van der Waals surface area (Å²) in [5.74, 6) is 0.720. The Morgan fingerprint density at radius 2 is 1.73 bits per heavy atom. The van der Waals surface area contributed by atoms with Crippen molar-refractivity contribution in [1.82, 2.24) is 14.7 Å². The van der Waals surface area contributed by atoms with Gasteiger partial charge in [0.2, 0.25) is 11.8 Å². The number of halogens is 1. The van der Waals surface area contributed by atoms with Crippen LogP contribution < -0.4 is 0 Å². The molecule has 2 fully saturated rings. The first kappa shape index (κ1) is 23.5. The number of carbonyl (C=O) groups excluding carboxylic acids is 2. The van der Waals surface area contributed by atoms with E-state index < -0.39 is 0 Å². The predicted octanol–water partition coefficient (Wildman–Crippen LogP) is 4.29. The highest BCUT2D eigenvalue weighted by atomic mass is 35.5. The molecule has 2 aliphatic heterocycles. The Balaban J connectivity index is 1.22. The van der Waals surface area contributed by atoms with E-state index in [-0.39, 0.29) is 11.8 Å². The number of amides is 2. The number of likely N-dealkylation sites (tertiary alicyclic amines) is 1. The van der Waals surface area contributed by atoms with Gasteiger partial charge in [-0.2, -0.15) is 0 Å². The highest BCUT2D eigenvalue weighted by molar-refractivity contribution is 6.30. The van der Waals surface area contributed by atoms with Crippen molar-refractivity contribution in [3.05, 3.63) is 76.8 Å². The molecule has 0 N–H and O–H groups in total. The van der Waals surface area contributed by atoms with E-state index in [0.29, 0.717) is 37.0 Å². The Hall–Kier alpha value is -2.63. The second-order valence-corrected chi connectivity index (χ2v) is 9.31. The summed E-state index contributed by atoms with van der Waals surface area (Å²) in [5, 5.41) is 0.643. The van der Waals surface area contributed by atoms with Crippen LogP contribution in [0.25, 0.3) is 6.08 Å². The predicted molar refractivity (Wildman–Crippen MR) is 133 cm³/mol. The molecular weight excluding hydrogens is 434 g/mol. The zero-order valence-electron chi connectivity index (χ0n) is 19.0. The minimum atomic E-state index is -0.0624. The van der Waals surface area contributed by atoms with Crippen molar-refractivity contribution in [3.8, 4) is 0 Å². The minimum absolute atomic E-state index is 0.0624. The molecule has 0 bridgehead atoms. The van der Waals surface area contributed by atoms with E-state index in [2.05, 4.69) is 35.2 Å². The molecule has 4 rings (SSSR count). The SMILES string of the molecule is O=C(/C=C/c1cccc(Cl)c1)N1CCC(=O)N(CCN2CCC(c3ccccc3)CC2)CC1. The summed E-state index contributed by atoms with van der Waals surface area (Å²) in [4.78, 5) is 31.5. The van der Waals surface area contributed by atoms with E-state index in [1.807, 2.05) is 23.1 Å². The van der Waals surface area contributed by atoms with E-state index in [4.69, 9.17) is 11.6 Å². The lowest BCUT2D eigenvalue weighted by Gasteiger charge is -2.33. The van der Waals surface area contributed by atoms with Gasteiger partial charge in [0.05, 0.1) is 0 Å². The van der Waals surface area contributed by atoms with E-state index in [1.165, 1.54) is 18.4 Å². The number of hydrogen-bond acceptors (Lipinski definition) is 3. The third kappa shape index (κ3) is 6.68. The van der Waals surface area contributed by atoms with Gasteiger partial charge < -0.3 is 14.7 Å². The van der Waals surface area contributed by atoms with Gasteiger partial charge in [0.1, 0.15) is 0 Å². The maximum atomic E-state index is 12.6. The third-order valence-electron chi connectivity index (χ3n) is 6.71. The van der Waals surface area contributed by atoms with Crippen LogP contribution in [-0.2, 0) is 9.59 Å². The van der Waals surface area contributed by atoms with Gasteiger partial charge in [-0.15, -0.1) is 0 Å². The summed E-state index contributed by atoms with van der Waals surface area (Å²) in [6.45, 7) is 5.40. The van der Waals surface area contributed by atoms with E-state index >= 15 is 0 Å². The number of hydrogen-bond donors (Lipinski definition) is 0. The minimum Gasteiger partial charge on any atom is -0.340 e. The molecule has 33 heavy (non-hydrogen) atoms. The molecule has 0 aliphatic carbocycles. The van der Waals surface area contributed by atoms with Gasteiger partial charge in [0, 0.05) is 50.2 Å². The fourth-order valence-electron chi connectivity index (χ4n) is 4.68. The number of nitrogens with zero attached hydrogens (tertiary/aromatic N) is 3. The first-order valence-corrected chi connectivity index (χ1v) is 12.2. The summed E-state index contributed by atoms with van der Waals surface area (Å²) in [6, 6.07) is 18.2. The van der Waals surface area contributed by atoms with Crippen LogP contribution in [0.15, 0.2) is 60.7 Å². The summed E-state index contributed by atoms with van der Waals surface area (Å²) >= 11 is 6.01. The lowest BCUT2D eigenvalue weighted by Crippen LogP contribution is -2.42. The van der Waals surface area contributed by atoms with Crippen molar-refractivity contribution in [2.75, 3.05) is 45.8 Å². The van der Waals surface area contributed by atoms with Crippen molar-refractivity contribution in [2.45, 2.75) is 25.2 Å². The van der Waals surface area contributed by atoms with Crippen LogP contribution in [0.2, 0.25) is 5.02 Å². The van der Waals surface area contributed by atoms with Crippen molar-refractivity contribution < 1.29 is 9.59 Å². The van der Waals surface area contributed by atoms with Gasteiger partial charge in [-0.25, -0.2) is 0 Å². The Bertz CT molecular complexity index is 970. The number of rotatable bonds is 6. The second kappa shape index (κ2) is 11.5. The van der Waals surface area contributed by atoms with Crippen molar-refractivity contribution in [1.29, 1.82) is 0 Å². The highest BCUT2D eigenvalue weighted by Crippen LogP contribution is 2.27. The standard InChI is InChI=1S/C27H32ClN3O2/c28-25-8-4-5-22(21-25)9-10-26(32)30-16-13-27(33)31(20-19-30)18-17-29-14-11-24(12-15-29)23-6-2-1-3-7-23/h1-10,21,24H,11-20H2/b10-9+. The molecule has 6 heteroatoms. The molecule has 2 amide bonds. The molecule has 0 spiro atoms. The molecule has 0 radical (unpaired) electrons. The van der Waals surface area contributed by atoms with Crippen LogP contribution in [0.1, 0.15) is 36.3 Å². The lowest BCUT2D eigenvalue weighted by molar-refractivity contribution is -0.130. The Kier molecular flexibility index (Phi) is 8.19. The van der Waals surface area contributed by atoms with E-state index in [0.717, 1.165) is 31.7 Å². The van der Waals surface area contributed by atoms with Gasteiger partial charge >= 0.3 is 0 Å². The van der Waals surface area contributed by atoms with Gasteiger partial charge in [-0.1, -0.05) is 54.1 Å². The van der Waals surface area contributed by atoms with Gasteiger partial charge in [0.25, 0.3) is 0 Å². The molecule has 5 nitrogen and oxygen atoms in total. The number of carbonyl (C=O) groups is 2. The molecular formula is C27H32ClN3O2. The summed E-state index contributed by atoms with van der Waals surface area (Å²) < 4.78 is 0. The van der Waals surface area contributed by atoms with Crippen LogP contribution in [0.3, 0.4) is 0 Å². The first-order valence-electron chi connectivity index (χ1n) is 11.9. The molecule has 0 saturated carbocycles. The largest absolute Gasteiger partial charge is 0.340 e. The lowest BCUT2D eigenvalue weighted by atomic mass is 9.89. The second-order valence-electron chi connectivity index (χ2n) is 8.87. The summed E-state index contributed by atoms with van der Waals surface area (Å²) in [6.07, 6.45) is 6.06. The monoisotopic (exact) mass is 465 g/mol. The molecule has 0 aromatic heterocycles. The summed E-state index contributed by atoms with van der Waals surface area (Å²) in [7, 11) is 0. The normalized spacial score (nSPS) is 18.6. The average Bonchev–Trinajstić information content (AvgIpc) is 3.03. The quantitative estimate of drug-likeness (QED) is 0.597. The zero-order valence-corrected chi connectivity index (χ0v) is 19.8. The molecule has 174 valence electrons. The molecule has 2 aromatic rings. The third-order valence-corrected chi connectivity index (χ3v) is 6.95.